The average molecular weight is 370 g/mol. The zero-order chi connectivity index (χ0) is 18.4. The Morgan fingerprint density at radius 1 is 1.20 bits per heavy atom. The number of nitrogens with zero attached hydrogens (tertiary/aromatic N) is 3. The van der Waals surface area contributed by atoms with E-state index in [0.29, 0.717) is 21.2 Å². The molecule has 3 rings (SSSR count). The molecular formula is C15H13F3N4O2S. The van der Waals surface area contributed by atoms with Crippen molar-refractivity contribution in [2.24, 2.45) is 0 Å². The summed E-state index contributed by atoms with van der Waals surface area (Å²) in [6, 6.07) is 4.94. The molecule has 1 aromatic carbocycles. The van der Waals surface area contributed by atoms with Gasteiger partial charge >= 0.3 is 11.8 Å². The van der Waals surface area contributed by atoms with Crippen molar-refractivity contribution in [1.82, 2.24) is 14.9 Å². The summed E-state index contributed by atoms with van der Waals surface area (Å²) in [6.07, 6.45) is -4.68. The molecule has 0 atom stereocenters. The Balaban J connectivity index is 1.95. The summed E-state index contributed by atoms with van der Waals surface area (Å²) >= 11 is 0.954. The van der Waals surface area contributed by atoms with Gasteiger partial charge in [-0.1, -0.05) is 11.8 Å². The fourth-order valence-corrected chi connectivity index (χ4v) is 3.16. The van der Waals surface area contributed by atoms with Gasteiger partial charge in [0.1, 0.15) is 5.58 Å². The van der Waals surface area contributed by atoms with Crippen molar-refractivity contribution in [2.75, 3.05) is 5.84 Å². The van der Waals surface area contributed by atoms with Crippen LogP contribution in [0.4, 0.5) is 13.2 Å². The summed E-state index contributed by atoms with van der Waals surface area (Å²) in [5, 5.41) is 7.15. The van der Waals surface area contributed by atoms with Crippen molar-refractivity contribution >= 4 is 22.7 Å². The number of hydrogen-bond acceptors (Lipinski definition) is 6. The van der Waals surface area contributed by atoms with Crippen LogP contribution in [-0.2, 0) is 11.9 Å². The minimum absolute atomic E-state index is 0.0995. The van der Waals surface area contributed by atoms with Crippen LogP contribution >= 0.6 is 11.8 Å². The highest BCUT2D eigenvalue weighted by Crippen LogP contribution is 2.31. The second-order valence-corrected chi connectivity index (χ2v) is 6.43. The first-order valence-corrected chi connectivity index (χ1v) is 8.10. The summed E-state index contributed by atoms with van der Waals surface area (Å²) in [5.74, 6) is 4.32. The van der Waals surface area contributed by atoms with E-state index in [-0.39, 0.29) is 10.9 Å². The second kappa shape index (κ2) is 6.10. The Morgan fingerprint density at radius 2 is 1.88 bits per heavy atom. The van der Waals surface area contributed by atoms with Crippen molar-refractivity contribution in [3.63, 3.8) is 0 Å². The first-order valence-electron chi connectivity index (χ1n) is 7.11. The molecule has 0 unspecified atom stereocenters. The van der Waals surface area contributed by atoms with Crippen LogP contribution in [0, 0.1) is 13.8 Å². The van der Waals surface area contributed by atoms with Gasteiger partial charge in [-0.25, -0.2) is 9.47 Å². The molecule has 0 bridgehead atoms. The summed E-state index contributed by atoms with van der Waals surface area (Å²) in [4.78, 5) is 11.7. The monoisotopic (exact) mass is 370 g/mol. The Kier molecular flexibility index (Phi) is 4.23. The molecule has 2 aromatic heterocycles. The smallest absolute Gasteiger partial charge is 0.423 e. The lowest BCUT2D eigenvalue weighted by molar-refractivity contribution is -0.146. The van der Waals surface area contributed by atoms with Crippen LogP contribution in [-0.4, -0.2) is 14.9 Å². The predicted octanol–water partition coefficient (Wildman–Crippen LogP) is 3.03. The normalized spacial score (nSPS) is 12.0. The van der Waals surface area contributed by atoms with E-state index in [9.17, 15) is 18.0 Å². The van der Waals surface area contributed by atoms with E-state index in [1.54, 1.807) is 6.07 Å². The Hall–Kier alpha value is -2.49. The van der Waals surface area contributed by atoms with Gasteiger partial charge < -0.3 is 10.3 Å². The standard InChI is InChI=1S/C15H13F3N4O2S/c1-7-3-10-9(5-12(23)24-11(10)4-8(7)2)6-25-14-21-20-13(22(14)19)15(16,17)18/h3-5H,6,19H2,1-2H3. The van der Waals surface area contributed by atoms with Gasteiger partial charge in [0, 0.05) is 17.2 Å². The Morgan fingerprint density at radius 3 is 2.52 bits per heavy atom. The van der Waals surface area contributed by atoms with Crippen LogP contribution < -0.4 is 11.5 Å². The predicted molar refractivity (Wildman–Crippen MR) is 86.7 cm³/mol. The average Bonchev–Trinajstić information content (AvgIpc) is 2.87. The molecule has 6 nitrogen and oxygen atoms in total. The van der Waals surface area contributed by atoms with Gasteiger partial charge in [0.15, 0.2) is 0 Å². The molecule has 0 amide bonds. The number of aromatic nitrogens is 3. The quantitative estimate of drug-likeness (QED) is 0.433. The lowest BCUT2D eigenvalue weighted by Crippen LogP contribution is -2.21. The van der Waals surface area contributed by atoms with Gasteiger partial charge in [-0.2, -0.15) is 13.2 Å². The van der Waals surface area contributed by atoms with Crippen LogP contribution in [0.15, 0.2) is 32.6 Å². The van der Waals surface area contributed by atoms with Gasteiger partial charge in [0.05, 0.1) is 0 Å². The van der Waals surface area contributed by atoms with Crippen molar-refractivity contribution in [3.8, 4) is 0 Å². The number of nitrogen functional groups attached to an aromatic ring is 1. The Labute approximate surface area is 143 Å². The zero-order valence-corrected chi connectivity index (χ0v) is 14.0. The van der Waals surface area contributed by atoms with E-state index in [2.05, 4.69) is 10.2 Å². The SMILES string of the molecule is Cc1cc2oc(=O)cc(CSc3nnc(C(F)(F)F)n3N)c2cc1C. The zero-order valence-electron chi connectivity index (χ0n) is 13.2. The Bertz CT molecular complexity index is 1010. The number of rotatable bonds is 3. The van der Waals surface area contributed by atoms with Gasteiger partial charge in [0.2, 0.25) is 5.16 Å². The van der Waals surface area contributed by atoms with Crippen molar-refractivity contribution < 1.29 is 17.6 Å². The summed E-state index contributed by atoms with van der Waals surface area (Å²) in [5.41, 5.74) is 2.50. The highest BCUT2D eigenvalue weighted by atomic mass is 32.2. The molecule has 0 radical (unpaired) electrons. The summed E-state index contributed by atoms with van der Waals surface area (Å²) in [6.45, 7) is 3.81. The van der Waals surface area contributed by atoms with Gasteiger partial charge in [-0.3, -0.25) is 0 Å². The molecule has 10 heteroatoms. The highest BCUT2D eigenvalue weighted by Gasteiger charge is 2.38. The number of halogens is 3. The van der Waals surface area contributed by atoms with Gasteiger partial charge in [-0.05, 0) is 42.7 Å². The number of alkyl halides is 3. The fraction of sp³-hybridized carbons (Fsp3) is 0.267. The van der Waals surface area contributed by atoms with E-state index in [0.717, 1.165) is 22.9 Å². The van der Waals surface area contributed by atoms with Gasteiger partial charge in [-0.15, -0.1) is 10.2 Å². The lowest BCUT2D eigenvalue weighted by Gasteiger charge is -2.08. The maximum atomic E-state index is 12.7. The minimum atomic E-state index is -4.68. The van der Waals surface area contributed by atoms with Crippen molar-refractivity contribution in [1.29, 1.82) is 0 Å². The molecule has 0 aliphatic heterocycles. The fourth-order valence-electron chi connectivity index (χ4n) is 2.31. The topological polar surface area (TPSA) is 86.9 Å². The van der Waals surface area contributed by atoms with Crippen molar-refractivity contribution in [3.05, 3.63) is 51.1 Å². The first-order chi connectivity index (χ1) is 11.7. The number of fused-ring (bicyclic) bond motifs is 1. The summed E-state index contributed by atoms with van der Waals surface area (Å²) < 4.78 is 43.7. The summed E-state index contributed by atoms with van der Waals surface area (Å²) in [7, 11) is 0. The number of nitrogens with two attached hydrogens (primary N) is 1. The molecule has 2 N–H and O–H groups in total. The van der Waals surface area contributed by atoms with Crippen LogP contribution in [0.5, 0.6) is 0 Å². The molecule has 0 aliphatic carbocycles. The van der Waals surface area contributed by atoms with E-state index >= 15 is 0 Å². The molecule has 0 fully saturated rings. The molecule has 2 heterocycles. The molecule has 0 spiro atoms. The maximum Gasteiger partial charge on any atom is 0.453 e. The molecule has 132 valence electrons. The molecule has 25 heavy (non-hydrogen) atoms. The second-order valence-electron chi connectivity index (χ2n) is 5.49. The highest BCUT2D eigenvalue weighted by molar-refractivity contribution is 7.98. The third-order valence-corrected chi connectivity index (χ3v) is 4.71. The molecule has 0 saturated heterocycles. The largest absolute Gasteiger partial charge is 0.453 e. The van der Waals surface area contributed by atoms with Gasteiger partial charge in [0.25, 0.3) is 5.82 Å². The number of hydrogen-bond donors (Lipinski definition) is 1. The van der Waals surface area contributed by atoms with Crippen LogP contribution in [0.1, 0.15) is 22.5 Å². The molecule has 3 aromatic rings. The van der Waals surface area contributed by atoms with E-state index in [1.807, 2.05) is 19.9 Å². The van der Waals surface area contributed by atoms with Crippen LogP contribution in [0.2, 0.25) is 0 Å². The maximum absolute atomic E-state index is 12.7. The van der Waals surface area contributed by atoms with Crippen LogP contribution in [0.3, 0.4) is 0 Å². The third-order valence-electron chi connectivity index (χ3n) is 3.72. The third kappa shape index (κ3) is 3.34. The van der Waals surface area contributed by atoms with E-state index in [4.69, 9.17) is 10.3 Å². The van der Waals surface area contributed by atoms with E-state index in [1.165, 1.54) is 6.07 Å². The number of benzene rings is 1. The molecular weight excluding hydrogens is 357 g/mol. The van der Waals surface area contributed by atoms with Crippen molar-refractivity contribution in [2.45, 2.75) is 30.9 Å². The first kappa shape index (κ1) is 17.3. The number of aryl methyl sites for hydroxylation is 2. The van der Waals surface area contributed by atoms with E-state index < -0.39 is 17.6 Å². The lowest BCUT2D eigenvalue weighted by atomic mass is 10.0. The minimum Gasteiger partial charge on any atom is -0.423 e. The van der Waals surface area contributed by atoms with Crippen LogP contribution in [0.25, 0.3) is 11.0 Å². The number of thioether (sulfide) groups is 1. The molecule has 0 aliphatic rings. The molecule has 0 saturated carbocycles.